The van der Waals surface area contributed by atoms with E-state index in [1.165, 1.54) is 39.9 Å². The Labute approximate surface area is 205 Å². The number of terminal acetylenes is 1. The fourth-order valence-corrected chi connectivity index (χ4v) is 6.90. The third-order valence-corrected chi connectivity index (χ3v) is 9.58. The molecule has 4 rings (SSSR count). The number of sulfonamides is 1. The standard InChI is InChI=1S/C26H29N3O3S2/c1-5-15-29-23-16-18(2)19(3)17-24(23)33-26(29)27-25(30)20-11-13-22(14-12-20)34(31,32)28(4)21-9-7-6-8-10-21/h1,11-14,16-17,21H,6-10,15H2,2-4H3. The van der Waals surface area contributed by atoms with E-state index in [2.05, 4.69) is 23.0 Å². The van der Waals surface area contributed by atoms with Crippen LogP contribution in [0.4, 0.5) is 0 Å². The summed E-state index contributed by atoms with van der Waals surface area (Å²) in [6.07, 6.45) is 10.6. The number of aromatic nitrogens is 1. The number of hydrogen-bond acceptors (Lipinski definition) is 4. The van der Waals surface area contributed by atoms with Gasteiger partial charge in [0.1, 0.15) is 0 Å². The molecular formula is C26H29N3O3S2. The van der Waals surface area contributed by atoms with E-state index in [-0.39, 0.29) is 10.9 Å². The van der Waals surface area contributed by atoms with Crippen molar-refractivity contribution in [2.24, 2.45) is 4.99 Å². The van der Waals surface area contributed by atoms with Crippen LogP contribution < -0.4 is 4.80 Å². The molecule has 0 unspecified atom stereocenters. The van der Waals surface area contributed by atoms with Gasteiger partial charge in [-0.25, -0.2) is 8.42 Å². The summed E-state index contributed by atoms with van der Waals surface area (Å²) in [5.74, 6) is 2.20. The zero-order chi connectivity index (χ0) is 24.5. The van der Waals surface area contributed by atoms with E-state index < -0.39 is 15.9 Å². The molecular weight excluding hydrogens is 466 g/mol. The molecule has 2 aromatic carbocycles. The van der Waals surface area contributed by atoms with Gasteiger partial charge < -0.3 is 4.57 Å². The van der Waals surface area contributed by atoms with Crippen LogP contribution in [-0.4, -0.2) is 36.3 Å². The van der Waals surface area contributed by atoms with E-state index in [9.17, 15) is 13.2 Å². The Morgan fingerprint density at radius 1 is 1.15 bits per heavy atom. The Morgan fingerprint density at radius 3 is 2.44 bits per heavy atom. The lowest BCUT2D eigenvalue weighted by atomic mass is 9.96. The molecule has 0 radical (unpaired) electrons. The highest BCUT2D eigenvalue weighted by Crippen LogP contribution is 2.27. The second-order valence-electron chi connectivity index (χ2n) is 8.83. The van der Waals surface area contributed by atoms with E-state index in [1.54, 1.807) is 7.05 Å². The summed E-state index contributed by atoms with van der Waals surface area (Å²) in [6, 6.07) is 10.2. The third-order valence-electron chi connectivity index (χ3n) is 6.61. The van der Waals surface area contributed by atoms with Crippen LogP contribution in [0.25, 0.3) is 10.2 Å². The average molecular weight is 496 g/mol. The Balaban J connectivity index is 1.64. The molecule has 1 aromatic heterocycles. The quantitative estimate of drug-likeness (QED) is 0.484. The lowest BCUT2D eigenvalue weighted by Gasteiger charge is -2.30. The van der Waals surface area contributed by atoms with Gasteiger partial charge in [0.15, 0.2) is 4.80 Å². The van der Waals surface area contributed by atoms with E-state index in [0.717, 1.165) is 53.4 Å². The summed E-state index contributed by atoms with van der Waals surface area (Å²) < 4.78 is 30.5. The van der Waals surface area contributed by atoms with Crippen LogP contribution in [0.2, 0.25) is 0 Å². The fraction of sp³-hybridized carbons (Fsp3) is 0.385. The molecule has 1 heterocycles. The average Bonchev–Trinajstić information content (AvgIpc) is 3.15. The molecule has 34 heavy (non-hydrogen) atoms. The molecule has 1 aliphatic rings. The molecule has 0 spiro atoms. The van der Waals surface area contributed by atoms with E-state index in [0.29, 0.717) is 16.9 Å². The van der Waals surface area contributed by atoms with Gasteiger partial charge in [-0.2, -0.15) is 9.30 Å². The summed E-state index contributed by atoms with van der Waals surface area (Å²) >= 11 is 1.41. The Kier molecular flexibility index (Phi) is 7.08. The zero-order valence-corrected chi connectivity index (χ0v) is 21.4. The van der Waals surface area contributed by atoms with Gasteiger partial charge in [-0.15, -0.1) is 6.42 Å². The van der Waals surface area contributed by atoms with Gasteiger partial charge in [0.2, 0.25) is 10.0 Å². The number of amides is 1. The van der Waals surface area contributed by atoms with E-state index in [4.69, 9.17) is 6.42 Å². The van der Waals surface area contributed by atoms with Crippen LogP contribution in [0.5, 0.6) is 0 Å². The van der Waals surface area contributed by atoms with Crippen molar-refractivity contribution in [3.05, 3.63) is 57.9 Å². The first kappa shape index (κ1) is 24.4. The number of rotatable bonds is 5. The van der Waals surface area contributed by atoms with Crippen molar-refractivity contribution in [2.75, 3.05) is 7.05 Å². The summed E-state index contributed by atoms with van der Waals surface area (Å²) in [5, 5.41) is 0. The van der Waals surface area contributed by atoms with Gasteiger partial charge in [-0.1, -0.05) is 36.5 Å². The highest BCUT2D eigenvalue weighted by molar-refractivity contribution is 7.89. The van der Waals surface area contributed by atoms with Gasteiger partial charge in [0.25, 0.3) is 5.91 Å². The van der Waals surface area contributed by atoms with Crippen LogP contribution in [-0.2, 0) is 16.6 Å². The van der Waals surface area contributed by atoms with Crippen molar-refractivity contribution >= 4 is 37.5 Å². The molecule has 0 bridgehead atoms. The molecule has 3 aromatic rings. The second kappa shape index (κ2) is 9.87. The van der Waals surface area contributed by atoms with Gasteiger partial charge in [0, 0.05) is 18.7 Å². The lowest BCUT2D eigenvalue weighted by molar-refractivity contribution is 0.0998. The molecule has 1 aliphatic carbocycles. The second-order valence-corrected chi connectivity index (χ2v) is 11.8. The first-order chi connectivity index (χ1) is 16.2. The predicted octanol–water partition coefficient (Wildman–Crippen LogP) is 4.65. The van der Waals surface area contributed by atoms with Crippen molar-refractivity contribution in [2.45, 2.75) is 63.4 Å². The maximum absolute atomic E-state index is 13.1. The number of carbonyl (C=O) groups is 1. The molecule has 0 atom stereocenters. The third kappa shape index (κ3) is 4.74. The van der Waals surface area contributed by atoms with Crippen LogP contribution in [0.3, 0.4) is 0 Å². The molecule has 1 fully saturated rings. The highest BCUT2D eigenvalue weighted by Gasteiger charge is 2.29. The number of nitrogens with zero attached hydrogens (tertiary/aromatic N) is 3. The minimum atomic E-state index is -3.61. The molecule has 8 heteroatoms. The minimum Gasteiger partial charge on any atom is -0.305 e. The van der Waals surface area contributed by atoms with E-state index in [1.807, 2.05) is 18.4 Å². The topological polar surface area (TPSA) is 71.7 Å². The minimum absolute atomic E-state index is 0.0295. The Bertz CT molecular complexity index is 1440. The molecule has 6 nitrogen and oxygen atoms in total. The number of thiazole rings is 1. The maximum atomic E-state index is 13.1. The largest absolute Gasteiger partial charge is 0.305 e. The Morgan fingerprint density at radius 2 is 1.79 bits per heavy atom. The number of fused-ring (bicyclic) bond motifs is 1. The van der Waals surface area contributed by atoms with Crippen LogP contribution in [0, 0.1) is 26.2 Å². The molecule has 178 valence electrons. The molecule has 0 aliphatic heterocycles. The lowest BCUT2D eigenvalue weighted by Crippen LogP contribution is -2.38. The monoisotopic (exact) mass is 495 g/mol. The molecule has 0 N–H and O–H groups in total. The first-order valence-electron chi connectivity index (χ1n) is 11.4. The van der Waals surface area contributed by atoms with Crippen molar-refractivity contribution in [1.82, 2.24) is 8.87 Å². The zero-order valence-electron chi connectivity index (χ0n) is 19.7. The summed E-state index contributed by atoms with van der Waals surface area (Å²) in [5.41, 5.74) is 3.58. The SMILES string of the molecule is C#CCn1c(=NC(=O)c2ccc(S(=O)(=O)N(C)C3CCCCC3)cc2)sc2cc(C)c(C)cc21. The normalized spacial score (nSPS) is 15.7. The molecule has 0 saturated heterocycles. The van der Waals surface area contributed by atoms with Gasteiger partial charge in [-0.05, 0) is 74.2 Å². The van der Waals surface area contributed by atoms with Gasteiger partial charge in [0.05, 0.1) is 21.7 Å². The number of carbonyl (C=O) groups excluding carboxylic acids is 1. The van der Waals surface area contributed by atoms with Crippen LogP contribution >= 0.6 is 11.3 Å². The molecule has 1 amide bonds. The van der Waals surface area contributed by atoms with Gasteiger partial charge in [-0.3, -0.25) is 4.79 Å². The number of aryl methyl sites for hydroxylation is 2. The van der Waals surface area contributed by atoms with Crippen LogP contribution in [0.1, 0.15) is 53.6 Å². The summed E-state index contributed by atoms with van der Waals surface area (Å²) in [7, 11) is -1.96. The number of benzene rings is 2. The fourth-order valence-electron chi connectivity index (χ4n) is 4.38. The molecule has 1 saturated carbocycles. The van der Waals surface area contributed by atoms with Crippen molar-refractivity contribution in [3.63, 3.8) is 0 Å². The smallest absolute Gasteiger partial charge is 0.279 e. The van der Waals surface area contributed by atoms with E-state index >= 15 is 0 Å². The number of hydrogen-bond donors (Lipinski definition) is 0. The van der Waals surface area contributed by atoms with Crippen molar-refractivity contribution < 1.29 is 13.2 Å². The maximum Gasteiger partial charge on any atom is 0.279 e. The van der Waals surface area contributed by atoms with Crippen LogP contribution in [0.15, 0.2) is 46.3 Å². The highest BCUT2D eigenvalue weighted by atomic mass is 32.2. The van der Waals surface area contributed by atoms with Crippen molar-refractivity contribution in [3.8, 4) is 12.3 Å². The summed E-state index contributed by atoms with van der Waals surface area (Å²) in [4.78, 5) is 18.0. The predicted molar refractivity (Wildman–Crippen MR) is 136 cm³/mol. The van der Waals surface area contributed by atoms with Gasteiger partial charge >= 0.3 is 0 Å². The Hall–Kier alpha value is -2.73. The van der Waals surface area contributed by atoms with Crippen molar-refractivity contribution in [1.29, 1.82) is 0 Å². The first-order valence-corrected chi connectivity index (χ1v) is 13.7. The summed E-state index contributed by atoms with van der Waals surface area (Å²) in [6.45, 7) is 4.39.